The van der Waals surface area contributed by atoms with Crippen molar-refractivity contribution >= 4 is 46.3 Å². The van der Waals surface area contributed by atoms with E-state index in [0.29, 0.717) is 22.7 Å². The van der Waals surface area contributed by atoms with Crippen LogP contribution in [0.15, 0.2) is 115 Å². The molecule has 0 amide bonds. The third-order valence-electron chi connectivity index (χ3n) is 7.43. The zero-order valence-electron chi connectivity index (χ0n) is 21.2. The van der Waals surface area contributed by atoms with Crippen molar-refractivity contribution in [1.29, 1.82) is 0 Å². The van der Waals surface area contributed by atoms with Crippen LogP contribution in [0.25, 0.3) is 0 Å². The Bertz CT molecular complexity index is 1480. The van der Waals surface area contributed by atoms with Gasteiger partial charge in [-0.15, -0.1) is 0 Å². The fraction of sp³-hybridized carbons (Fsp3) is 0.125. The van der Waals surface area contributed by atoms with E-state index in [-0.39, 0.29) is 11.3 Å². The van der Waals surface area contributed by atoms with Gasteiger partial charge in [0.05, 0.1) is 12.7 Å². The maximum atomic E-state index is 6.85. The van der Waals surface area contributed by atoms with Gasteiger partial charge in [0.1, 0.15) is 11.2 Å². The summed E-state index contributed by atoms with van der Waals surface area (Å²) in [7, 11) is 0. The number of hydrogen-bond donors (Lipinski definition) is 0. The minimum absolute atomic E-state index is 0.0479. The topological polar surface area (TPSA) is 32.3 Å². The van der Waals surface area contributed by atoms with E-state index in [1.807, 2.05) is 42.5 Å². The van der Waals surface area contributed by atoms with Gasteiger partial charge in [0, 0.05) is 5.02 Å². The lowest BCUT2D eigenvalue weighted by Gasteiger charge is -2.44. The molecule has 4 aromatic carbocycles. The zero-order chi connectivity index (χ0) is 27.0. The van der Waals surface area contributed by atoms with Crippen molar-refractivity contribution in [3.8, 4) is 0 Å². The van der Waals surface area contributed by atoms with E-state index in [1.54, 1.807) is 0 Å². The molecule has 2 heterocycles. The Morgan fingerprint density at radius 2 is 1.15 bits per heavy atom. The number of rotatable bonds is 6. The molecule has 1 aliphatic rings. The molecule has 0 spiro atoms. The molecule has 1 aromatic heterocycles. The van der Waals surface area contributed by atoms with Gasteiger partial charge < -0.3 is 9.80 Å². The van der Waals surface area contributed by atoms with Crippen molar-refractivity contribution in [2.75, 3.05) is 16.5 Å². The van der Waals surface area contributed by atoms with E-state index in [9.17, 15) is 0 Å². The molecule has 39 heavy (non-hydrogen) atoms. The molecule has 0 bridgehead atoms. The normalized spacial score (nSPS) is 13.8. The van der Waals surface area contributed by atoms with Crippen LogP contribution in [0.3, 0.4) is 0 Å². The van der Waals surface area contributed by atoms with Gasteiger partial charge in [0.2, 0.25) is 5.28 Å². The van der Waals surface area contributed by atoms with Crippen molar-refractivity contribution in [3.05, 3.63) is 153 Å². The molecule has 5 aromatic rings. The smallest absolute Gasteiger partial charge is 0.225 e. The van der Waals surface area contributed by atoms with Crippen LogP contribution in [0, 0.1) is 0 Å². The first kappa shape index (κ1) is 25.7. The highest BCUT2D eigenvalue weighted by molar-refractivity contribution is 6.34. The Kier molecular flexibility index (Phi) is 6.94. The summed E-state index contributed by atoms with van der Waals surface area (Å²) in [5, 5.41) is 1.11. The van der Waals surface area contributed by atoms with Gasteiger partial charge in [-0.1, -0.05) is 126 Å². The molecule has 7 heteroatoms. The predicted molar refractivity (Wildman–Crippen MR) is 161 cm³/mol. The van der Waals surface area contributed by atoms with Gasteiger partial charge in [0.25, 0.3) is 0 Å². The standard InChI is InChI=1S/C32H25Cl3N4/c1-22(23-17-19-27(33)20-18-23)38-21-39(30-28(38)29(34)36-31(35)37-30)32(24-11-5-2-6-12-24,25-13-7-3-8-14-25)26-15-9-4-10-16-26/h2-20,22H,21H2,1H3. The van der Waals surface area contributed by atoms with Crippen LogP contribution in [0.5, 0.6) is 0 Å². The number of anilines is 2. The Balaban J connectivity index is 1.64. The Labute approximate surface area is 243 Å². The van der Waals surface area contributed by atoms with E-state index >= 15 is 0 Å². The minimum Gasteiger partial charge on any atom is -0.341 e. The first-order valence-electron chi connectivity index (χ1n) is 12.7. The summed E-state index contributed by atoms with van der Waals surface area (Å²) in [5.74, 6) is 0.678. The molecule has 194 valence electrons. The van der Waals surface area contributed by atoms with E-state index in [0.717, 1.165) is 27.9 Å². The Morgan fingerprint density at radius 1 is 0.667 bits per heavy atom. The summed E-state index contributed by atoms with van der Waals surface area (Å²) in [5.41, 5.74) is 4.40. The third kappa shape index (κ3) is 4.43. The second-order valence-electron chi connectivity index (χ2n) is 9.53. The van der Waals surface area contributed by atoms with Crippen LogP contribution in [0.4, 0.5) is 11.5 Å². The van der Waals surface area contributed by atoms with Crippen molar-refractivity contribution in [1.82, 2.24) is 9.97 Å². The molecule has 0 fully saturated rings. The fourth-order valence-electron chi connectivity index (χ4n) is 5.62. The van der Waals surface area contributed by atoms with Gasteiger partial charge >= 0.3 is 0 Å². The maximum Gasteiger partial charge on any atom is 0.225 e. The molecule has 6 rings (SSSR count). The molecule has 1 aliphatic heterocycles. The summed E-state index contributed by atoms with van der Waals surface area (Å²) >= 11 is 19.5. The predicted octanol–water partition coefficient (Wildman–Crippen LogP) is 8.77. The summed E-state index contributed by atoms with van der Waals surface area (Å²) in [6.45, 7) is 2.64. The molecule has 0 saturated carbocycles. The van der Waals surface area contributed by atoms with Gasteiger partial charge in [-0.2, -0.15) is 4.98 Å². The highest BCUT2D eigenvalue weighted by atomic mass is 35.5. The number of benzene rings is 4. The van der Waals surface area contributed by atoms with Crippen molar-refractivity contribution in [3.63, 3.8) is 0 Å². The second kappa shape index (κ2) is 10.5. The molecular weight excluding hydrogens is 547 g/mol. The average molecular weight is 572 g/mol. The number of fused-ring (bicyclic) bond motifs is 1. The van der Waals surface area contributed by atoms with Gasteiger partial charge in [-0.3, -0.25) is 0 Å². The minimum atomic E-state index is -0.742. The summed E-state index contributed by atoms with van der Waals surface area (Å²) in [6.07, 6.45) is 0. The molecular formula is C32H25Cl3N4. The lowest BCUT2D eigenvalue weighted by molar-refractivity contribution is 0.545. The SMILES string of the molecule is CC(c1ccc(Cl)cc1)N1CN(C(c2ccccc2)(c2ccccc2)c2ccccc2)c2nc(Cl)nc(Cl)c21. The van der Waals surface area contributed by atoms with Crippen molar-refractivity contribution < 1.29 is 0 Å². The van der Waals surface area contributed by atoms with E-state index < -0.39 is 5.54 Å². The number of aromatic nitrogens is 2. The first-order chi connectivity index (χ1) is 19.0. The molecule has 0 saturated heterocycles. The van der Waals surface area contributed by atoms with Crippen LogP contribution >= 0.6 is 34.8 Å². The van der Waals surface area contributed by atoms with Crippen molar-refractivity contribution in [2.45, 2.75) is 18.5 Å². The van der Waals surface area contributed by atoms with Gasteiger partial charge in [-0.25, -0.2) is 4.98 Å². The van der Waals surface area contributed by atoms with Crippen LogP contribution in [0.1, 0.15) is 35.2 Å². The third-order valence-corrected chi connectivity index (χ3v) is 8.12. The zero-order valence-corrected chi connectivity index (χ0v) is 23.4. The van der Waals surface area contributed by atoms with Crippen LogP contribution in [0.2, 0.25) is 15.5 Å². The van der Waals surface area contributed by atoms with Crippen LogP contribution < -0.4 is 9.80 Å². The Morgan fingerprint density at radius 3 is 1.64 bits per heavy atom. The van der Waals surface area contributed by atoms with Gasteiger partial charge in [0.15, 0.2) is 11.0 Å². The number of halogens is 3. The van der Waals surface area contributed by atoms with Crippen molar-refractivity contribution in [2.24, 2.45) is 0 Å². The molecule has 1 unspecified atom stereocenters. The average Bonchev–Trinajstić information content (AvgIpc) is 3.35. The summed E-state index contributed by atoms with van der Waals surface area (Å²) < 4.78 is 0. The van der Waals surface area contributed by atoms with E-state index in [1.165, 1.54) is 0 Å². The maximum absolute atomic E-state index is 6.85. The fourth-order valence-corrected chi connectivity index (χ4v) is 6.23. The number of nitrogens with zero attached hydrogens (tertiary/aromatic N) is 4. The monoisotopic (exact) mass is 570 g/mol. The number of hydrogen-bond acceptors (Lipinski definition) is 4. The first-order valence-corrected chi connectivity index (χ1v) is 13.8. The lowest BCUT2D eigenvalue weighted by atomic mass is 9.75. The largest absolute Gasteiger partial charge is 0.341 e. The van der Waals surface area contributed by atoms with E-state index in [4.69, 9.17) is 39.8 Å². The quantitative estimate of drug-likeness (QED) is 0.116. The highest BCUT2D eigenvalue weighted by Gasteiger charge is 2.49. The Hall–Kier alpha value is -3.57. The molecule has 0 N–H and O–H groups in total. The molecule has 4 nitrogen and oxygen atoms in total. The molecule has 1 atom stereocenters. The van der Waals surface area contributed by atoms with Gasteiger partial charge in [-0.05, 0) is 52.9 Å². The second-order valence-corrected chi connectivity index (χ2v) is 10.7. The summed E-state index contributed by atoms with van der Waals surface area (Å²) in [4.78, 5) is 13.7. The lowest BCUT2D eigenvalue weighted by Crippen LogP contribution is -2.50. The highest BCUT2D eigenvalue weighted by Crippen LogP contribution is 2.52. The summed E-state index contributed by atoms with van der Waals surface area (Å²) in [6, 6.07) is 39.3. The molecule has 0 radical (unpaired) electrons. The van der Waals surface area contributed by atoms with Crippen LogP contribution in [-0.4, -0.2) is 16.6 Å². The molecule has 0 aliphatic carbocycles. The van der Waals surface area contributed by atoms with Crippen LogP contribution in [-0.2, 0) is 5.54 Å². The van der Waals surface area contributed by atoms with E-state index in [2.05, 4.69) is 94.5 Å².